The lowest BCUT2D eigenvalue weighted by Crippen LogP contribution is -2.59. The summed E-state index contributed by atoms with van der Waals surface area (Å²) < 4.78 is 1.75. The second-order valence-corrected chi connectivity index (χ2v) is 6.24. The largest absolute Gasteiger partial charge is 0.378 e. The van der Waals surface area contributed by atoms with Crippen molar-refractivity contribution in [3.63, 3.8) is 0 Å². The molecule has 0 radical (unpaired) electrons. The number of amides is 2. The van der Waals surface area contributed by atoms with Crippen molar-refractivity contribution in [2.24, 2.45) is 5.92 Å². The molecule has 1 aliphatic heterocycles. The zero-order chi connectivity index (χ0) is 18.0. The minimum atomic E-state index is -0.930. The number of carbonyl (C=O) groups is 2. The van der Waals surface area contributed by atoms with Crippen molar-refractivity contribution >= 4 is 17.5 Å². The Labute approximate surface area is 146 Å². The standard InChI is InChI=1S/C19H18N4O2/c1-22(2)14-8-6-13(7-9-14)16-15(12-20)18(24)21-19(25)17(16)23-10-4-3-5-11-23/h3-11,15-17H,1-2H3/p+1/t15-,16-,17+/m0/s1. The third-order valence-corrected chi connectivity index (χ3v) is 4.49. The first-order valence-corrected chi connectivity index (χ1v) is 8.00. The van der Waals surface area contributed by atoms with Crippen LogP contribution < -0.4 is 14.8 Å². The minimum Gasteiger partial charge on any atom is -0.378 e. The average molecular weight is 335 g/mol. The highest BCUT2D eigenvalue weighted by Crippen LogP contribution is 2.36. The Balaban J connectivity index is 2.09. The second-order valence-electron chi connectivity index (χ2n) is 6.24. The Morgan fingerprint density at radius 3 is 2.24 bits per heavy atom. The van der Waals surface area contributed by atoms with Crippen molar-refractivity contribution < 1.29 is 14.2 Å². The number of carbonyl (C=O) groups excluding carboxylic acids is 2. The quantitative estimate of drug-likeness (QED) is 0.674. The van der Waals surface area contributed by atoms with Gasteiger partial charge in [-0.15, -0.1) is 0 Å². The van der Waals surface area contributed by atoms with E-state index in [0.29, 0.717) is 0 Å². The number of benzene rings is 1. The molecular weight excluding hydrogens is 316 g/mol. The molecule has 0 bridgehead atoms. The number of nitriles is 1. The van der Waals surface area contributed by atoms with Gasteiger partial charge in [0.15, 0.2) is 12.4 Å². The van der Waals surface area contributed by atoms with E-state index in [1.807, 2.05) is 61.5 Å². The summed E-state index contributed by atoms with van der Waals surface area (Å²) in [4.78, 5) is 26.7. The van der Waals surface area contributed by atoms with Gasteiger partial charge in [0.05, 0.1) is 12.0 Å². The molecule has 1 aromatic carbocycles. The van der Waals surface area contributed by atoms with Crippen molar-refractivity contribution in [1.29, 1.82) is 5.26 Å². The van der Waals surface area contributed by atoms with E-state index in [-0.39, 0.29) is 0 Å². The van der Waals surface area contributed by atoms with Crippen LogP contribution in [0.1, 0.15) is 17.5 Å². The van der Waals surface area contributed by atoms with Crippen LogP contribution in [0.5, 0.6) is 0 Å². The van der Waals surface area contributed by atoms with Crippen LogP contribution in [-0.2, 0) is 9.59 Å². The lowest BCUT2D eigenvalue weighted by Gasteiger charge is -2.30. The van der Waals surface area contributed by atoms with Gasteiger partial charge in [-0.2, -0.15) is 9.83 Å². The summed E-state index contributed by atoms with van der Waals surface area (Å²) in [7, 11) is 3.88. The van der Waals surface area contributed by atoms with Gasteiger partial charge in [0.2, 0.25) is 11.9 Å². The summed E-state index contributed by atoms with van der Waals surface area (Å²) in [5.41, 5.74) is 1.80. The molecule has 25 heavy (non-hydrogen) atoms. The monoisotopic (exact) mass is 335 g/mol. The molecule has 1 N–H and O–H groups in total. The van der Waals surface area contributed by atoms with Gasteiger partial charge in [0.1, 0.15) is 5.92 Å². The first kappa shape index (κ1) is 16.7. The van der Waals surface area contributed by atoms with Gasteiger partial charge < -0.3 is 4.90 Å². The number of nitrogens with one attached hydrogen (secondary N) is 1. The Morgan fingerprint density at radius 1 is 1.04 bits per heavy atom. The van der Waals surface area contributed by atoms with Crippen LogP contribution in [-0.4, -0.2) is 25.9 Å². The molecule has 0 unspecified atom stereocenters. The molecule has 126 valence electrons. The molecule has 2 heterocycles. The predicted molar refractivity (Wildman–Crippen MR) is 91.4 cm³/mol. The normalized spacial score (nSPS) is 22.8. The van der Waals surface area contributed by atoms with Crippen LogP contribution in [0.25, 0.3) is 0 Å². The van der Waals surface area contributed by atoms with Crippen LogP contribution in [0.4, 0.5) is 5.69 Å². The third kappa shape index (κ3) is 3.09. The summed E-state index contributed by atoms with van der Waals surface area (Å²) in [5, 5.41) is 11.9. The SMILES string of the molecule is CN(C)c1ccc([C@H]2[C@H](C#N)C(=O)NC(=O)[C@@H]2[n+]2ccccc2)cc1. The first-order valence-electron chi connectivity index (χ1n) is 8.00. The molecule has 0 spiro atoms. The molecule has 1 saturated heterocycles. The molecule has 6 heteroatoms. The maximum Gasteiger partial charge on any atom is 0.296 e. The van der Waals surface area contributed by atoms with E-state index in [2.05, 4.69) is 11.4 Å². The second kappa shape index (κ2) is 6.73. The third-order valence-electron chi connectivity index (χ3n) is 4.49. The Morgan fingerprint density at radius 2 is 1.68 bits per heavy atom. The molecule has 0 aliphatic carbocycles. The molecule has 2 aromatic rings. The maximum atomic E-state index is 12.6. The van der Waals surface area contributed by atoms with Crippen molar-refractivity contribution in [3.8, 4) is 6.07 Å². The summed E-state index contributed by atoms with van der Waals surface area (Å²) in [6, 6.07) is 14.5. The van der Waals surface area contributed by atoms with Crippen molar-refractivity contribution in [2.45, 2.75) is 12.0 Å². The molecule has 3 rings (SSSR count). The van der Waals surface area contributed by atoms with Gasteiger partial charge in [-0.3, -0.25) is 14.9 Å². The van der Waals surface area contributed by atoms with Gasteiger partial charge in [0.25, 0.3) is 5.91 Å². The number of anilines is 1. The van der Waals surface area contributed by atoms with Gasteiger partial charge in [-0.25, -0.2) is 0 Å². The Kier molecular flexibility index (Phi) is 4.48. The van der Waals surface area contributed by atoms with Crippen molar-refractivity contribution in [3.05, 3.63) is 60.4 Å². The highest BCUT2D eigenvalue weighted by Gasteiger charge is 2.50. The summed E-state index contributed by atoms with van der Waals surface area (Å²) in [6.45, 7) is 0. The molecule has 0 saturated carbocycles. The fourth-order valence-corrected chi connectivity index (χ4v) is 3.21. The fourth-order valence-electron chi connectivity index (χ4n) is 3.21. The summed E-state index contributed by atoms with van der Waals surface area (Å²) in [5.74, 6) is -2.41. The molecular formula is C19H19N4O2+. The fraction of sp³-hybridized carbons (Fsp3) is 0.263. The number of hydrogen-bond donors (Lipinski definition) is 1. The molecule has 1 aliphatic rings. The number of nitrogens with zero attached hydrogens (tertiary/aromatic N) is 3. The van der Waals surface area contributed by atoms with Crippen LogP contribution in [0.15, 0.2) is 54.9 Å². The van der Waals surface area contributed by atoms with E-state index in [1.165, 1.54) is 0 Å². The van der Waals surface area contributed by atoms with E-state index >= 15 is 0 Å². The van der Waals surface area contributed by atoms with E-state index in [0.717, 1.165) is 11.3 Å². The smallest absolute Gasteiger partial charge is 0.296 e. The van der Waals surface area contributed by atoms with Crippen molar-refractivity contribution in [1.82, 2.24) is 5.32 Å². The van der Waals surface area contributed by atoms with Gasteiger partial charge >= 0.3 is 0 Å². The maximum absolute atomic E-state index is 12.6. The molecule has 1 aromatic heterocycles. The topological polar surface area (TPSA) is 77.1 Å². The van der Waals surface area contributed by atoms with E-state index in [4.69, 9.17) is 0 Å². The molecule has 3 atom stereocenters. The zero-order valence-electron chi connectivity index (χ0n) is 14.1. The average Bonchev–Trinajstić information content (AvgIpc) is 2.62. The van der Waals surface area contributed by atoms with E-state index in [9.17, 15) is 14.9 Å². The van der Waals surface area contributed by atoms with E-state index in [1.54, 1.807) is 17.0 Å². The highest BCUT2D eigenvalue weighted by molar-refractivity contribution is 6.02. The Hall–Kier alpha value is -3.20. The number of hydrogen-bond acceptors (Lipinski definition) is 4. The first-order chi connectivity index (χ1) is 12.0. The van der Waals surface area contributed by atoms with Gasteiger partial charge in [0, 0.05) is 31.9 Å². The van der Waals surface area contributed by atoms with E-state index < -0.39 is 29.7 Å². The Bertz CT molecular complexity index is 825. The minimum absolute atomic E-state index is 0.394. The number of imide groups is 1. The van der Waals surface area contributed by atoms with Crippen LogP contribution in [0.3, 0.4) is 0 Å². The lowest BCUT2D eigenvalue weighted by molar-refractivity contribution is -0.713. The van der Waals surface area contributed by atoms with Crippen LogP contribution in [0, 0.1) is 17.2 Å². The molecule has 6 nitrogen and oxygen atoms in total. The zero-order valence-corrected chi connectivity index (χ0v) is 14.1. The molecule has 1 fully saturated rings. The number of rotatable bonds is 3. The molecule has 2 amide bonds. The highest BCUT2D eigenvalue weighted by atomic mass is 16.2. The number of pyridine rings is 1. The predicted octanol–water partition coefficient (Wildman–Crippen LogP) is 1.16. The van der Waals surface area contributed by atoms with Crippen molar-refractivity contribution in [2.75, 3.05) is 19.0 Å². The van der Waals surface area contributed by atoms with Gasteiger partial charge in [-0.1, -0.05) is 18.2 Å². The van der Waals surface area contributed by atoms with Crippen LogP contribution in [0.2, 0.25) is 0 Å². The van der Waals surface area contributed by atoms with Gasteiger partial charge in [-0.05, 0) is 17.7 Å². The number of aromatic nitrogens is 1. The number of piperidine rings is 1. The van der Waals surface area contributed by atoms with Crippen LogP contribution >= 0.6 is 0 Å². The summed E-state index contributed by atoms with van der Waals surface area (Å²) in [6.07, 6.45) is 3.55. The summed E-state index contributed by atoms with van der Waals surface area (Å²) >= 11 is 0. The lowest BCUT2D eigenvalue weighted by atomic mass is 9.77.